The normalized spacial score (nSPS) is 27.0. The van der Waals surface area contributed by atoms with Crippen LogP contribution in [-0.4, -0.2) is 13.1 Å². The highest BCUT2D eigenvalue weighted by Crippen LogP contribution is 2.29. The molecule has 3 rings (SSSR count). The van der Waals surface area contributed by atoms with Gasteiger partial charge in [0, 0.05) is 6.04 Å². The highest BCUT2D eigenvalue weighted by Gasteiger charge is 2.20. The molecule has 1 fully saturated rings. The minimum atomic E-state index is 0.778. The number of hydrogen-bond donors (Lipinski definition) is 1. The largest absolute Gasteiger partial charge is 0.317 e. The predicted molar refractivity (Wildman–Crippen MR) is 81.6 cm³/mol. The van der Waals surface area contributed by atoms with Gasteiger partial charge in [-0.2, -0.15) is 0 Å². The van der Waals surface area contributed by atoms with Gasteiger partial charge in [-0.25, -0.2) is 0 Å². The Labute approximate surface area is 117 Å². The lowest BCUT2D eigenvalue weighted by atomic mass is 9.81. The summed E-state index contributed by atoms with van der Waals surface area (Å²) in [6, 6.07) is 8.09. The Kier molecular flexibility index (Phi) is 4.22. The molecule has 0 amide bonds. The van der Waals surface area contributed by atoms with Crippen LogP contribution in [0, 0.1) is 5.92 Å². The highest BCUT2D eigenvalue weighted by atomic mass is 14.9. The van der Waals surface area contributed by atoms with Crippen LogP contribution in [0.25, 0.3) is 0 Å². The third kappa shape index (κ3) is 3.20. The van der Waals surface area contributed by atoms with Gasteiger partial charge in [-0.05, 0) is 87.4 Å². The number of rotatable bonds is 3. The molecule has 0 atom stereocenters. The molecule has 0 spiro atoms. The van der Waals surface area contributed by atoms with Gasteiger partial charge in [0.25, 0.3) is 0 Å². The van der Waals surface area contributed by atoms with Crippen molar-refractivity contribution in [1.82, 2.24) is 5.32 Å². The number of aryl methyl sites for hydroxylation is 2. The van der Waals surface area contributed by atoms with Gasteiger partial charge in [-0.1, -0.05) is 18.2 Å². The van der Waals surface area contributed by atoms with E-state index >= 15 is 0 Å². The van der Waals surface area contributed by atoms with Crippen LogP contribution < -0.4 is 5.32 Å². The SMILES string of the molecule is CNC1CCC(Cc2ccc3c(c2)CCCC3)CC1. The Morgan fingerprint density at radius 2 is 1.74 bits per heavy atom. The summed E-state index contributed by atoms with van der Waals surface area (Å²) in [5, 5.41) is 3.43. The second-order valence-corrected chi connectivity index (χ2v) is 6.52. The maximum absolute atomic E-state index is 3.43. The summed E-state index contributed by atoms with van der Waals surface area (Å²) in [5.74, 6) is 0.922. The quantitative estimate of drug-likeness (QED) is 0.866. The molecule has 0 aromatic heterocycles. The molecule has 1 saturated carbocycles. The van der Waals surface area contributed by atoms with Gasteiger partial charge in [0.2, 0.25) is 0 Å². The highest BCUT2D eigenvalue weighted by molar-refractivity contribution is 5.34. The summed E-state index contributed by atoms with van der Waals surface area (Å²) < 4.78 is 0. The molecule has 104 valence electrons. The van der Waals surface area contributed by atoms with Crippen molar-refractivity contribution in [2.75, 3.05) is 7.05 Å². The third-order valence-electron chi connectivity index (χ3n) is 5.19. The molecule has 1 aromatic rings. The topological polar surface area (TPSA) is 12.0 Å². The predicted octanol–water partition coefficient (Wildman–Crippen LogP) is 3.89. The number of fused-ring (bicyclic) bond motifs is 1. The molecule has 0 aliphatic heterocycles. The minimum Gasteiger partial charge on any atom is -0.317 e. The van der Waals surface area contributed by atoms with Crippen molar-refractivity contribution in [3.8, 4) is 0 Å². The van der Waals surface area contributed by atoms with Crippen LogP contribution in [0.15, 0.2) is 18.2 Å². The Hall–Kier alpha value is -0.820. The zero-order valence-electron chi connectivity index (χ0n) is 12.3. The van der Waals surface area contributed by atoms with E-state index in [1.165, 1.54) is 57.8 Å². The molecule has 0 saturated heterocycles. The molecule has 1 heteroatoms. The smallest absolute Gasteiger partial charge is 0.00642 e. The first-order chi connectivity index (χ1) is 9.35. The standard InChI is InChI=1S/C18H27N/c1-19-18-10-7-14(8-11-18)12-15-6-9-16-4-2-3-5-17(16)13-15/h6,9,13-14,18-19H,2-5,7-8,10-12H2,1H3. The first kappa shape index (κ1) is 13.2. The third-order valence-corrected chi connectivity index (χ3v) is 5.19. The molecular formula is C18H27N. The van der Waals surface area contributed by atoms with Crippen molar-refractivity contribution >= 4 is 0 Å². The van der Waals surface area contributed by atoms with Crippen LogP contribution >= 0.6 is 0 Å². The van der Waals surface area contributed by atoms with Crippen LogP contribution in [0.4, 0.5) is 0 Å². The van der Waals surface area contributed by atoms with Crippen LogP contribution in [0.3, 0.4) is 0 Å². The van der Waals surface area contributed by atoms with E-state index in [4.69, 9.17) is 0 Å². The van der Waals surface area contributed by atoms with Crippen molar-refractivity contribution in [2.24, 2.45) is 5.92 Å². The van der Waals surface area contributed by atoms with E-state index in [0.29, 0.717) is 0 Å². The number of benzene rings is 1. The van der Waals surface area contributed by atoms with Crippen LogP contribution in [0.2, 0.25) is 0 Å². The summed E-state index contributed by atoms with van der Waals surface area (Å²) in [6.07, 6.45) is 12.3. The summed E-state index contributed by atoms with van der Waals surface area (Å²) in [4.78, 5) is 0. The van der Waals surface area contributed by atoms with Crippen molar-refractivity contribution in [1.29, 1.82) is 0 Å². The number of nitrogens with one attached hydrogen (secondary N) is 1. The van der Waals surface area contributed by atoms with E-state index in [9.17, 15) is 0 Å². The first-order valence-corrected chi connectivity index (χ1v) is 8.13. The van der Waals surface area contributed by atoms with Gasteiger partial charge >= 0.3 is 0 Å². The lowest BCUT2D eigenvalue weighted by molar-refractivity contribution is 0.300. The summed E-state index contributed by atoms with van der Waals surface area (Å²) >= 11 is 0. The molecular weight excluding hydrogens is 230 g/mol. The zero-order valence-corrected chi connectivity index (χ0v) is 12.3. The van der Waals surface area contributed by atoms with Crippen molar-refractivity contribution in [3.05, 3.63) is 34.9 Å². The van der Waals surface area contributed by atoms with E-state index < -0.39 is 0 Å². The lowest BCUT2D eigenvalue weighted by Gasteiger charge is -2.28. The maximum Gasteiger partial charge on any atom is 0.00642 e. The molecule has 2 aliphatic rings. The first-order valence-electron chi connectivity index (χ1n) is 8.13. The van der Waals surface area contributed by atoms with Gasteiger partial charge in [-0.15, -0.1) is 0 Å². The Balaban J connectivity index is 1.61. The molecule has 0 bridgehead atoms. The van der Waals surface area contributed by atoms with Crippen LogP contribution in [0.1, 0.15) is 55.2 Å². The molecule has 0 heterocycles. The molecule has 19 heavy (non-hydrogen) atoms. The second-order valence-electron chi connectivity index (χ2n) is 6.52. The molecule has 2 aliphatic carbocycles. The van der Waals surface area contributed by atoms with Crippen LogP contribution in [0.5, 0.6) is 0 Å². The zero-order chi connectivity index (χ0) is 13.1. The minimum absolute atomic E-state index is 0.778. The fraction of sp³-hybridized carbons (Fsp3) is 0.667. The summed E-state index contributed by atoms with van der Waals surface area (Å²) in [7, 11) is 2.11. The van der Waals surface area contributed by atoms with E-state index in [1.807, 2.05) is 0 Å². The fourth-order valence-electron chi connectivity index (χ4n) is 3.90. The number of hydrogen-bond acceptors (Lipinski definition) is 1. The summed E-state index contributed by atoms with van der Waals surface area (Å²) in [5.41, 5.74) is 4.86. The molecule has 0 unspecified atom stereocenters. The Bertz CT molecular complexity index is 416. The lowest BCUT2D eigenvalue weighted by Crippen LogP contribution is -2.30. The van der Waals surface area contributed by atoms with Gasteiger partial charge in [0.1, 0.15) is 0 Å². The van der Waals surface area contributed by atoms with Crippen molar-refractivity contribution in [2.45, 2.75) is 63.8 Å². The Morgan fingerprint density at radius 1 is 1.00 bits per heavy atom. The molecule has 1 nitrogen and oxygen atoms in total. The van der Waals surface area contributed by atoms with Gasteiger partial charge in [0.05, 0.1) is 0 Å². The van der Waals surface area contributed by atoms with E-state index in [1.54, 1.807) is 16.7 Å². The second kappa shape index (κ2) is 6.09. The van der Waals surface area contributed by atoms with E-state index in [2.05, 4.69) is 30.6 Å². The molecule has 1 aromatic carbocycles. The molecule has 1 N–H and O–H groups in total. The Morgan fingerprint density at radius 3 is 2.47 bits per heavy atom. The fourth-order valence-corrected chi connectivity index (χ4v) is 3.90. The van der Waals surface area contributed by atoms with Gasteiger partial charge in [-0.3, -0.25) is 0 Å². The average molecular weight is 257 g/mol. The molecule has 0 radical (unpaired) electrons. The van der Waals surface area contributed by atoms with E-state index in [-0.39, 0.29) is 0 Å². The monoisotopic (exact) mass is 257 g/mol. The van der Waals surface area contributed by atoms with Gasteiger partial charge in [0.15, 0.2) is 0 Å². The van der Waals surface area contributed by atoms with Crippen molar-refractivity contribution in [3.63, 3.8) is 0 Å². The van der Waals surface area contributed by atoms with Crippen molar-refractivity contribution < 1.29 is 0 Å². The maximum atomic E-state index is 3.43. The van der Waals surface area contributed by atoms with Crippen LogP contribution in [-0.2, 0) is 19.3 Å². The summed E-state index contributed by atoms with van der Waals surface area (Å²) in [6.45, 7) is 0. The average Bonchev–Trinajstić information content (AvgIpc) is 2.48. The van der Waals surface area contributed by atoms with Gasteiger partial charge < -0.3 is 5.32 Å². The van der Waals surface area contributed by atoms with E-state index in [0.717, 1.165) is 12.0 Å².